The second-order valence-electron chi connectivity index (χ2n) is 10.9. The molecule has 2 aliphatic rings. The van der Waals surface area contributed by atoms with Crippen molar-refractivity contribution in [2.45, 2.75) is 69.4 Å². The van der Waals surface area contributed by atoms with Gasteiger partial charge in [-0.05, 0) is 54.0 Å². The Morgan fingerprint density at radius 3 is 2.22 bits per heavy atom. The number of benzene rings is 3. The number of rotatable bonds is 9. The molecule has 3 atom stereocenters. The zero-order valence-corrected chi connectivity index (χ0v) is 23.0. The quantitative estimate of drug-likeness (QED) is 0.321. The van der Waals surface area contributed by atoms with Gasteiger partial charge in [0.2, 0.25) is 0 Å². The molecule has 2 fully saturated rings. The molecule has 4 N–H and O–H groups in total. The highest BCUT2D eigenvalue weighted by Gasteiger charge is 2.38. The lowest BCUT2D eigenvalue weighted by Crippen LogP contribution is -2.50. The molecule has 0 aromatic heterocycles. The van der Waals surface area contributed by atoms with Crippen molar-refractivity contribution in [1.82, 2.24) is 15.5 Å². The Morgan fingerprint density at radius 1 is 0.805 bits per heavy atom. The molecule has 3 aromatic carbocycles. The van der Waals surface area contributed by atoms with Gasteiger partial charge in [0.05, 0.1) is 6.04 Å². The summed E-state index contributed by atoms with van der Waals surface area (Å²) in [6.45, 7) is 0.568. The van der Waals surface area contributed by atoms with Crippen molar-refractivity contribution in [3.63, 3.8) is 0 Å². The van der Waals surface area contributed by atoms with Crippen LogP contribution in [-0.4, -0.2) is 57.6 Å². The summed E-state index contributed by atoms with van der Waals surface area (Å²) in [7, 11) is 0. The van der Waals surface area contributed by atoms with Crippen molar-refractivity contribution in [2.75, 3.05) is 6.54 Å². The summed E-state index contributed by atoms with van der Waals surface area (Å²) < 4.78 is 0. The van der Waals surface area contributed by atoms with Gasteiger partial charge in [-0.2, -0.15) is 0 Å². The number of hydrogen-bond acceptors (Lipinski definition) is 5. The summed E-state index contributed by atoms with van der Waals surface area (Å²) in [4.78, 5) is 40.1. The highest BCUT2D eigenvalue weighted by Crippen LogP contribution is 2.32. The van der Waals surface area contributed by atoms with Crippen LogP contribution in [-0.2, 0) is 16.1 Å². The molecule has 8 heteroatoms. The van der Waals surface area contributed by atoms with Crippen LogP contribution in [0.4, 0.5) is 0 Å². The van der Waals surface area contributed by atoms with Crippen LogP contribution in [0, 0.1) is 0 Å². The molecule has 1 saturated heterocycles. The van der Waals surface area contributed by atoms with Crippen LogP contribution in [0.25, 0.3) is 11.1 Å². The zero-order valence-electron chi connectivity index (χ0n) is 23.0. The molecule has 5 rings (SSSR count). The summed E-state index contributed by atoms with van der Waals surface area (Å²) in [5.74, 6) is -1.55. The molecule has 8 nitrogen and oxygen atoms in total. The number of carbonyl (C=O) groups is 3. The van der Waals surface area contributed by atoms with E-state index in [0.29, 0.717) is 12.1 Å². The molecule has 3 amide bonds. The van der Waals surface area contributed by atoms with Crippen LogP contribution in [0.15, 0.2) is 78.9 Å². The number of aliphatic hydroxyl groups is 2. The van der Waals surface area contributed by atoms with Gasteiger partial charge in [0.15, 0.2) is 12.2 Å². The Kier molecular flexibility index (Phi) is 9.11. The number of nitrogens with one attached hydrogen (secondary N) is 2. The van der Waals surface area contributed by atoms with E-state index in [-0.39, 0.29) is 24.5 Å². The molecule has 1 heterocycles. The first-order valence-corrected chi connectivity index (χ1v) is 14.4. The minimum Gasteiger partial charge on any atom is -0.380 e. The Morgan fingerprint density at radius 2 is 1.49 bits per heavy atom. The molecule has 0 spiro atoms. The Balaban J connectivity index is 1.17. The predicted octanol–water partition coefficient (Wildman–Crippen LogP) is 3.73. The normalized spacial score (nSPS) is 18.6. The smallest absolute Gasteiger partial charge is 0.255 e. The summed E-state index contributed by atoms with van der Waals surface area (Å²) in [5.41, 5.74) is 4.05. The van der Waals surface area contributed by atoms with Crippen molar-refractivity contribution in [3.05, 3.63) is 95.6 Å². The van der Waals surface area contributed by atoms with Gasteiger partial charge in [-0.25, -0.2) is 0 Å². The Labute approximate surface area is 240 Å². The Hall–Kier alpha value is -4.01. The highest BCUT2D eigenvalue weighted by atomic mass is 16.3. The van der Waals surface area contributed by atoms with Crippen LogP contribution in [0.1, 0.15) is 66.1 Å². The molecule has 1 unspecified atom stereocenters. The Bertz CT molecular complexity index is 1350. The van der Waals surface area contributed by atoms with Crippen molar-refractivity contribution in [3.8, 4) is 11.1 Å². The average Bonchev–Trinajstić information content (AvgIpc) is 3.72. The summed E-state index contributed by atoms with van der Waals surface area (Å²) in [6.07, 6.45) is 2.12. The lowest BCUT2D eigenvalue weighted by Gasteiger charge is -2.28. The van der Waals surface area contributed by atoms with Gasteiger partial charge in [0, 0.05) is 24.7 Å². The van der Waals surface area contributed by atoms with Crippen molar-refractivity contribution >= 4 is 17.7 Å². The average molecular weight is 556 g/mol. The molecule has 1 saturated carbocycles. The number of hydrogen-bond donors (Lipinski definition) is 4. The van der Waals surface area contributed by atoms with E-state index in [4.69, 9.17) is 0 Å². The number of likely N-dealkylation sites (tertiary alicyclic amines) is 1. The standard InChI is InChI=1S/C33H37N3O5/c37-29(30(38)33(41)36-20-8-15-28(36)24-9-2-1-3-10-24)32(40)34-21-22-16-18-23(19-17-22)26-13-6-7-14-27(26)31(39)35-25-11-4-5-12-25/h1-3,6-7,9-10,13-14,16-19,25,28-30,37-38H,4-5,8,11-12,15,20-21H2,(H,34,40)(H,35,39)/t28-,29-,30?/m1/s1. The van der Waals surface area contributed by atoms with E-state index < -0.39 is 24.0 Å². The first-order valence-electron chi connectivity index (χ1n) is 14.4. The number of amides is 3. The van der Waals surface area contributed by atoms with E-state index in [1.807, 2.05) is 78.9 Å². The highest BCUT2D eigenvalue weighted by molar-refractivity contribution is 6.01. The van der Waals surface area contributed by atoms with Gasteiger partial charge in [0.25, 0.3) is 17.7 Å². The fourth-order valence-electron chi connectivity index (χ4n) is 5.86. The third-order valence-electron chi connectivity index (χ3n) is 8.13. The van der Waals surface area contributed by atoms with Gasteiger partial charge in [-0.15, -0.1) is 0 Å². The molecule has 0 radical (unpaired) electrons. The SMILES string of the molecule is O=C(NC1CCCC1)c1ccccc1-c1ccc(CNC(=O)[C@H](O)C(O)C(=O)N2CCC[C@@H]2c2ccccc2)cc1. The third-order valence-corrected chi connectivity index (χ3v) is 8.13. The minimum atomic E-state index is -1.89. The summed E-state index contributed by atoms with van der Waals surface area (Å²) in [6, 6.07) is 24.5. The lowest BCUT2D eigenvalue weighted by molar-refractivity contribution is -0.153. The van der Waals surface area contributed by atoms with Gasteiger partial charge in [-0.3, -0.25) is 14.4 Å². The largest absolute Gasteiger partial charge is 0.380 e. The zero-order chi connectivity index (χ0) is 28.8. The summed E-state index contributed by atoms with van der Waals surface area (Å²) >= 11 is 0. The maximum atomic E-state index is 13.0. The second kappa shape index (κ2) is 13.1. The van der Waals surface area contributed by atoms with Gasteiger partial charge in [-0.1, -0.05) is 85.6 Å². The monoisotopic (exact) mass is 555 g/mol. The maximum absolute atomic E-state index is 13.0. The molecule has 1 aliphatic heterocycles. The fourth-order valence-corrected chi connectivity index (χ4v) is 5.86. The second-order valence-corrected chi connectivity index (χ2v) is 10.9. The van der Waals surface area contributed by atoms with E-state index in [2.05, 4.69) is 10.6 Å². The van der Waals surface area contributed by atoms with Gasteiger partial charge < -0.3 is 25.7 Å². The maximum Gasteiger partial charge on any atom is 0.255 e. The van der Waals surface area contributed by atoms with E-state index in [1.165, 1.54) is 0 Å². The molecule has 0 bridgehead atoms. The third kappa shape index (κ3) is 6.66. The molecule has 1 aliphatic carbocycles. The van der Waals surface area contributed by atoms with Crippen LogP contribution < -0.4 is 10.6 Å². The molecule has 214 valence electrons. The van der Waals surface area contributed by atoms with E-state index in [1.54, 1.807) is 4.90 Å². The molecular weight excluding hydrogens is 518 g/mol. The molecule has 3 aromatic rings. The lowest BCUT2D eigenvalue weighted by atomic mass is 9.98. The summed E-state index contributed by atoms with van der Waals surface area (Å²) in [5, 5.41) is 26.8. The fraction of sp³-hybridized carbons (Fsp3) is 0.364. The minimum absolute atomic E-state index is 0.0741. The van der Waals surface area contributed by atoms with Crippen LogP contribution in [0.2, 0.25) is 0 Å². The van der Waals surface area contributed by atoms with Gasteiger partial charge in [0.1, 0.15) is 0 Å². The first kappa shape index (κ1) is 28.5. The van der Waals surface area contributed by atoms with Crippen molar-refractivity contribution in [2.24, 2.45) is 0 Å². The van der Waals surface area contributed by atoms with Crippen molar-refractivity contribution in [1.29, 1.82) is 0 Å². The van der Waals surface area contributed by atoms with Crippen LogP contribution in [0.3, 0.4) is 0 Å². The number of aliphatic hydroxyl groups excluding tert-OH is 2. The van der Waals surface area contributed by atoms with E-state index in [0.717, 1.165) is 60.8 Å². The number of carbonyl (C=O) groups excluding carboxylic acids is 3. The number of nitrogens with zero attached hydrogens (tertiary/aromatic N) is 1. The van der Waals surface area contributed by atoms with Crippen LogP contribution >= 0.6 is 0 Å². The van der Waals surface area contributed by atoms with E-state index >= 15 is 0 Å². The van der Waals surface area contributed by atoms with Crippen LogP contribution in [0.5, 0.6) is 0 Å². The first-order chi connectivity index (χ1) is 19.9. The predicted molar refractivity (Wildman–Crippen MR) is 156 cm³/mol. The molecular formula is C33H37N3O5. The van der Waals surface area contributed by atoms with E-state index in [9.17, 15) is 24.6 Å². The van der Waals surface area contributed by atoms with Crippen molar-refractivity contribution < 1.29 is 24.6 Å². The molecule has 41 heavy (non-hydrogen) atoms. The topological polar surface area (TPSA) is 119 Å². The van der Waals surface area contributed by atoms with Gasteiger partial charge >= 0.3 is 0 Å².